The number of carbonyl (C=O) groups excluding carboxylic acids is 3. The van der Waals surface area contributed by atoms with Gasteiger partial charge in [0.25, 0.3) is 0 Å². The summed E-state index contributed by atoms with van der Waals surface area (Å²) >= 11 is 3.86. The normalized spacial score (nSPS) is 11.0. The predicted molar refractivity (Wildman–Crippen MR) is 142 cm³/mol. The van der Waals surface area contributed by atoms with Gasteiger partial charge in [-0.3, -0.25) is 4.79 Å². The van der Waals surface area contributed by atoms with E-state index in [1.54, 1.807) is 32.1 Å². The fourth-order valence-corrected chi connectivity index (χ4v) is 6.32. The van der Waals surface area contributed by atoms with Gasteiger partial charge in [-0.15, -0.1) is 32.9 Å². The topological polar surface area (TPSA) is 112 Å². The van der Waals surface area contributed by atoms with Gasteiger partial charge in [0.05, 0.1) is 24.5 Å². The molecule has 0 saturated heterocycles. The van der Waals surface area contributed by atoms with Gasteiger partial charge < -0.3 is 19.4 Å². The minimum Gasteiger partial charge on any atom is -0.462 e. The number of nitrogens with one attached hydrogen (secondary N) is 1. The SMILES string of the molecule is CCOC(=O)c1sc(NC(=O)CSc2nnc(-c3csc4ccccc34)n2C)c(C(=O)OCC)c1C. The van der Waals surface area contributed by atoms with Gasteiger partial charge in [-0.1, -0.05) is 30.0 Å². The van der Waals surface area contributed by atoms with Crippen LogP contribution in [0.2, 0.25) is 0 Å². The molecular formula is C24H24N4O5S3. The van der Waals surface area contributed by atoms with Gasteiger partial charge in [0, 0.05) is 28.1 Å². The summed E-state index contributed by atoms with van der Waals surface area (Å²) in [7, 11) is 1.86. The number of ether oxygens (including phenoxy) is 2. The molecule has 1 N–H and O–H groups in total. The third-order valence-electron chi connectivity index (χ3n) is 5.23. The molecule has 0 spiro atoms. The maximum Gasteiger partial charge on any atom is 0.348 e. The predicted octanol–water partition coefficient (Wildman–Crippen LogP) is 5.15. The molecule has 0 aliphatic heterocycles. The number of fused-ring (bicyclic) bond motifs is 1. The average Bonchev–Trinajstić information content (AvgIpc) is 3.53. The standard InChI is InChI=1S/C24H24N4O5S3/c1-5-32-22(30)18-13(3)19(23(31)33-6-2)36-21(18)25-17(29)12-35-24-27-26-20(28(24)4)15-11-34-16-10-8-7-9-14(15)16/h7-11H,5-6,12H2,1-4H3,(H,25,29). The maximum absolute atomic E-state index is 12.8. The van der Waals surface area contributed by atoms with E-state index in [0.717, 1.165) is 27.0 Å². The van der Waals surface area contributed by atoms with E-state index < -0.39 is 11.9 Å². The van der Waals surface area contributed by atoms with Crippen molar-refractivity contribution in [3.8, 4) is 11.4 Å². The summed E-state index contributed by atoms with van der Waals surface area (Å²) in [5.74, 6) is -0.760. The van der Waals surface area contributed by atoms with Crippen LogP contribution in [-0.4, -0.2) is 51.6 Å². The molecule has 0 bridgehead atoms. The Morgan fingerprint density at radius 3 is 2.56 bits per heavy atom. The van der Waals surface area contributed by atoms with Crippen LogP contribution in [-0.2, 0) is 21.3 Å². The summed E-state index contributed by atoms with van der Waals surface area (Å²) in [6, 6.07) is 8.09. The van der Waals surface area contributed by atoms with E-state index in [-0.39, 0.29) is 40.3 Å². The molecule has 3 aromatic heterocycles. The molecule has 1 aromatic carbocycles. The van der Waals surface area contributed by atoms with Crippen LogP contribution < -0.4 is 5.32 Å². The molecule has 3 heterocycles. The van der Waals surface area contributed by atoms with Gasteiger partial charge >= 0.3 is 11.9 Å². The molecule has 36 heavy (non-hydrogen) atoms. The lowest BCUT2D eigenvalue weighted by molar-refractivity contribution is -0.113. The number of thioether (sulfide) groups is 1. The minimum absolute atomic E-state index is 0.0321. The lowest BCUT2D eigenvalue weighted by Crippen LogP contribution is -2.16. The largest absolute Gasteiger partial charge is 0.462 e. The van der Waals surface area contributed by atoms with Crippen LogP contribution in [0.5, 0.6) is 0 Å². The molecule has 188 valence electrons. The van der Waals surface area contributed by atoms with E-state index in [2.05, 4.69) is 21.6 Å². The number of esters is 2. The number of amides is 1. The summed E-state index contributed by atoms with van der Waals surface area (Å²) < 4.78 is 13.2. The lowest BCUT2D eigenvalue weighted by Gasteiger charge is -2.07. The van der Waals surface area contributed by atoms with Gasteiger partial charge in [-0.25, -0.2) is 9.59 Å². The number of aromatic nitrogens is 3. The van der Waals surface area contributed by atoms with E-state index in [1.807, 2.05) is 35.2 Å². The molecule has 0 fully saturated rings. The Balaban J connectivity index is 1.50. The monoisotopic (exact) mass is 544 g/mol. The van der Waals surface area contributed by atoms with Crippen LogP contribution in [0.4, 0.5) is 5.00 Å². The van der Waals surface area contributed by atoms with Crippen LogP contribution in [0.25, 0.3) is 21.5 Å². The number of anilines is 1. The number of hydrogen-bond donors (Lipinski definition) is 1. The fourth-order valence-electron chi connectivity index (χ4n) is 3.56. The molecule has 9 nitrogen and oxygen atoms in total. The lowest BCUT2D eigenvalue weighted by atomic mass is 10.1. The molecule has 4 rings (SSSR count). The highest BCUT2D eigenvalue weighted by Crippen LogP contribution is 2.36. The second-order valence-corrected chi connectivity index (χ2v) is 10.4. The fraction of sp³-hybridized carbons (Fsp3) is 0.292. The molecular weight excluding hydrogens is 520 g/mol. The Hall–Kier alpha value is -3.22. The smallest absolute Gasteiger partial charge is 0.348 e. The number of carbonyl (C=O) groups is 3. The zero-order valence-electron chi connectivity index (χ0n) is 20.1. The third kappa shape index (κ3) is 5.15. The van der Waals surface area contributed by atoms with Crippen molar-refractivity contribution < 1.29 is 23.9 Å². The first-order valence-electron chi connectivity index (χ1n) is 11.1. The van der Waals surface area contributed by atoms with Crippen molar-refractivity contribution in [2.75, 3.05) is 24.3 Å². The van der Waals surface area contributed by atoms with Crippen molar-refractivity contribution in [2.45, 2.75) is 25.9 Å². The van der Waals surface area contributed by atoms with E-state index in [9.17, 15) is 14.4 Å². The zero-order valence-corrected chi connectivity index (χ0v) is 22.6. The number of hydrogen-bond acceptors (Lipinski definition) is 10. The van der Waals surface area contributed by atoms with Crippen LogP contribution in [0.1, 0.15) is 39.4 Å². The van der Waals surface area contributed by atoms with E-state index in [1.165, 1.54) is 11.8 Å². The molecule has 0 atom stereocenters. The summed E-state index contributed by atoms with van der Waals surface area (Å²) in [5.41, 5.74) is 1.57. The molecule has 4 aromatic rings. The quantitative estimate of drug-likeness (QED) is 0.227. The van der Waals surface area contributed by atoms with Crippen LogP contribution in [0.15, 0.2) is 34.8 Å². The summed E-state index contributed by atoms with van der Waals surface area (Å²) in [5, 5.41) is 15.3. The summed E-state index contributed by atoms with van der Waals surface area (Å²) in [6.45, 7) is 5.39. The van der Waals surface area contributed by atoms with Crippen LogP contribution >= 0.6 is 34.4 Å². The minimum atomic E-state index is -0.606. The van der Waals surface area contributed by atoms with Gasteiger partial charge in [0.2, 0.25) is 5.91 Å². The summed E-state index contributed by atoms with van der Waals surface area (Å²) in [4.78, 5) is 37.9. The Morgan fingerprint density at radius 1 is 1.08 bits per heavy atom. The van der Waals surface area contributed by atoms with Gasteiger partial charge in [0.1, 0.15) is 9.88 Å². The van der Waals surface area contributed by atoms with Gasteiger partial charge in [0.15, 0.2) is 11.0 Å². The molecule has 0 unspecified atom stereocenters. The van der Waals surface area contributed by atoms with Crippen molar-refractivity contribution in [2.24, 2.45) is 7.05 Å². The molecule has 1 amide bonds. The second-order valence-electron chi connectivity index (χ2n) is 7.55. The molecule has 0 radical (unpaired) electrons. The Morgan fingerprint density at radius 2 is 1.81 bits per heavy atom. The highest BCUT2D eigenvalue weighted by molar-refractivity contribution is 7.99. The first-order chi connectivity index (χ1) is 17.3. The van der Waals surface area contributed by atoms with Crippen LogP contribution in [0, 0.1) is 6.92 Å². The van der Waals surface area contributed by atoms with Gasteiger partial charge in [-0.2, -0.15) is 0 Å². The first-order valence-corrected chi connectivity index (χ1v) is 13.8. The summed E-state index contributed by atoms with van der Waals surface area (Å²) in [6.07, 6.45) is 0. The second kappa shape index (κ2) is 11.2. The highest BCUT2D eigenvalue weighted by Gasteiger charge is 2.27. The van der Waals surface area contributed by atoms with Crippen molar-refractivity contribution in [1.29, 1.82) is 0 Å². The van der Waals surface area contributed by atoms with E-state index in [4.69, 9.17) is 9.47 Å². The van der Waals surface area contributed by atoms with Crippen molar-refractivity contribution >= 4 is 67.4 Å². The number of thiophene rings is 2. The van der Waals surface area contributed by atoms with E-state index in [0.29, 0.717) is 16.5 Å². The Kier molecular flexibility index (Phi) is 8.07. The highest BCUT2D eigenvalue weighted by atomic mass is 32.2. The molecule has 0 aliphatic carbocycles. The zero-order chi connectivity index (χ0) is 25.8. The number of nitrogens with zero attached hydrogens (tertiary/aromatic N) is 3. The van der Waals surface area contributed by atoms with Crippen molar-refractivity contribution in [1.82, 2.24) is 14.8 Å². The Bertz CT molecular complexity index is 1440. The van der Waals surface area contributed by atoms with E-state index >= 15 is 0 Å². The average molecular weight is 545 g/mol. The van der Waals surface area contributed by atoms with Crippen molar-refractivity contribution in [3.63, 3.8) is 0 Å². The molecule has 12 heteroatoms. The number of benzene rings is 1. The van der Waals surface area contributed by atoms with Crippen molar-refractivity contribution in [3.05, 3.63) is 45.6 Å². The Labute approximate surface area is 219 Å². The molecule has 0 aliphatic rings. The maximum atomic E-state index is 12.8. The van der Waals surface area contributed by atoms with Gasteiger partial charge in [-0.05, 0) is 32.4 Å². The number of rotatable bonds is 9. The first kappa shape index (κ1) is 25.9. The third-order valence-corrected chi connectivity index (χ3v) is 8.40. The molecule has 0 saturated carbocycles. The van der Waals surface area contributed by atoms with Crippen LogP contribution in [0.3, 0.4) is 0 Å².